The maximum Gasteiger partial charge on any atom is 0.150 e. The Bertz CT molecular complexity index is 421. The van der Waals surface area contributed by atoms with Crippen molar-refractivity contribution in [2.45, 2.75) is 33.7 Å². The monoisotopic (exact) mass is 230 g/mol. The van der Waals surface area contributed by atoms with Gasteiger partial charge in [0.2, 0.25) is 0 Å². The fraction of sp³-hybridized carbons (Fsp3) is 0.700. The normalized spacial score (nSPS) is 11.9. The molecule has 0 amide bonds. The van der Waals surface area contributed by atoms with Gasteiger partial charge in [0.25, 0.3) is 0 Å². The van der Waals surface area contributed by atoms with Crippen molar-refractivity contribution in [1.29, 1.82) is 0 Å². The fourth-order valence-electron chi connectivity index (χ4n) is 1.48. The topological polar surface area (TPSA) is 52.0 Å². The lowest BCUT2D eigenvalue weighted by Gasteiger charge is -2.04. The van der Waals surface area contributed by atoms with E-state index in [2.05, 4.69) is 5.10 Å². The lowest BCUT2D eigenvalue weighted by Crippen LogP contribution is -2.12. The van der Waals surface area contributed by atoms with Crippen molar-refractivity contribution >= 4 is 9.84 Å². The molecule has 0 unspecified atom stereocenters. The molecule has 0 aliphatic carbocycles. The van der Waals surface area contributed by atoms with Crippen LogP contribution in [0.15, 0.2) is 6.07 Å². The van der Waals surface area contributed by atoms with Gasteiger partial charge in [-0.2, -0.15) is 5.10 Å². The van der Waals surface area contributed by atoms with Crippen LogP contribution in [0.25, 0.3) is 0 Å². The van der Waals surface area contributed by atoms with Gasteiger partial charge in [0, 0.05) is 18.0 Å². The minimum Gasteiger partial charge on any atom is -0.270 e. The molecule has 0 saturated carbocycles. The lowest BCUT2D eigenvalue weighted by atomic mass is 10.4. The molecule has 0 saturated heterocycles. The van der Waals surface area contributed by atoms with Gasteiger partial charge in [0.1, 0.15) is 9.84 Å². The van der Waals surface area contributed by atoms with E-state index in [-0.39, 0.29) is 11.5 Å². The van der Waals surface area contributed by atoms with E-state index in [9.17, 15) is 8.42 Å². The van der Waals surface area contributed by atoms with E-state index in [4.69, 9.17) is 0 Å². The highest BCUT2D eigenvalue weighted by molar-refractivity contribution is 7.91. The van der Waals surface area contributed by atoms with E-state index in [0.717, 1.165) is 11.4 Å². The van der Waals surface area contributed by atoms with Crippen LogP contribution in [0.5, 0.6) is 0 Å². The summed E-state index contributed by atoms with van der Waals surface area (Å²) in [5.41, 5.74) is 2.06. The minimum absolute atomic E-state index is 0.226. The Balaban J connectivity index is 2.48. The standard InChI is InChI=1S/C10H18N2O2S/c1-4-15(13,14)7-5-6-12-10(3)8-9(2)11-12/h8H,4-7H2,1-3H3. The van der Waals surface area contributed by atoms with Crippen LogP contribution in [0.4, 0.5) is 0 Å². The van der Waals surface area contributed by atoms with Crippen molar-refractivity contribution in [3.63, 3.8) is 0 Å². The number of sulfone groups is 1. The second-order valence-corrected chi connectivity index (χ2v) is 6.21. The molecule has 0 aliphatic rings. The maximum atomic E-state index is 11.2. The van der Waals surface area contributed by atoms with E-state index in [1.807, 2.05) is 24.6 Å². The molecule has 0 bridgehead atoms. The first-order chi connectivity index (χ1) is 6.94. The molecule has 1 rings (SSSR count). The van der Waals surface area contributed by atoms with Crippen LogP contribution >= 0.6 is 0 Å². The summed E-state index contributed by atoms with van der Waals surface area (Å²) in [6, 6.07) is 1.99. The number of rotatable bonds is 5. The average Bonchev–Trinajstić information content (AvgIpc) is 2.45. The van der Waals surface area contributed by atoms with Gasteiger partial charge in [-0.1, -0.05) is 6.92 Å². The molecule has 0 aliphatic heterocycles. The molecule has 0 atom stereocenters. The summed E-state index contributed by atoms with van der Waals surface area (Å²) in [7, 11) is -2.84. The zero-order chi connectivity index (χ0) is 11.5. The zero-order valence-electron chi connectivity index (χ0n) is 9.52. The molecule has 1 aromatic rings. The molecule has 4 nitrogen and oxygen atoms in total. The van der Waals surface area contributed by atoms with Crippen LogP contribution in [0.3, 0.4) is 0 Å². The fourth-order valence-corrected chi connectivity index (χ4v) is 2.34. The number of aromatic nitrogens is 2. The van der Waals surface area contributed by atoms with Gasteiger partial charge in [-0.25, -0.2) is 8.42 Å². The van der Waals surface area contributed by atoms with Crippen LogP contribution in [0, 0.1) is 13.8 Å². The van der Waals surface area contributed by atoms with Crippen molar-refractivity contribution in [2.75, 3.05) is 11.5 Å². The molecular formula is C10H18N2O2S. The van der Waals surface area contributed by atoms with E-state index < -0.39 is 9.84 Å². The predicted molar refractivity (Wildman–Crippen MR) is 60.6 cm³/mol. The second-order valence-electron chi connectivity index (χ2n) is 3.74. The first-order valence-corrected chi connectivity index (χ1v) is 6.98. The number of nitrogens with zero attached hydrogens (tertiary/aromatic N) is 2. The van der Waals surface area contributed by atoms with Gasteiger partial charge in [-0.05, 0) is 26.3 Å². The van der Waals surface area contributed by atoms with Gasteiger partial charge < -0.3 is 0 Å². The largest absolute Gasteiger partial charge is 0.270 e. The Morgan fingerprint density at radius 1 is 1.40 bits per heavy atom. The molecule has 15 heavy (non-hydrogen) atoms. The Hall–Kier alpha value is -0.840. The van der Waals surface area contributed by atoms with Gasteiger partial charge in [0.05, 0.1) is 11.4 Å². The van der Waals surface area contributed by atoms with Gasteiger partial charge >= 0.3 is 0 Å². The predicted octanol–water partition coefficient (Wildman–Crippen LogP) is 1.32. The summed E-state index contributed by atoms with van der Waals surface area (Å²) in [6.07, 6.45) is 0.637. The van der Waals surface area contributed by atoms with Crippen molar-refractivity contribution in [3.05, 3.63) is 17.5 Å². The number of aryl methyl sites for hydroxylation is 3. The molecule has 0 spiro atoms. The van der Waals surface area contributed by atoms with Gasteiger partial charge in [-0.3, -0.25) is 4.68 Å². The molecule has 0 N–H and O–H groups in total. The lowest BCUT2D eigenvalue weighted by molar-refractivity contribution is 0.564. The van der Waals surface area contributed by atoms with Crippen molar-refractivity contribution in [2.24, 2.45) is 0 Å². The van der Waals surface area contributed by atoms with Crippen molar-refractivity contribution < 1.29 is 8.42 Å². The number of hydrogen-bond donors (Lipinski definition) is 0. The third-order valence-corrected chi connectivity index (χ3v) is 4.16. The molecule has 0 radical (unpaired) electrons. The smallest absolute Gasteiger partial charge is 0.150 e. The highest BCUT2D eigenvalue weighted by atomic mass is 32.2. The average molecular weight is 230 g/mol. The summed E-state index contributed by atoms with van der Waals surface area (Å²) in [5, 5.41) is 4.28. The third kappa shape index (κ3) is 3.66. The van der Waals surface area contributed by atoms with Crippen molar-refractivity contribution in [3.8, 4) is 0 Å². The van der Waals surface area contributed by atoms with Crippen LogP contribution in [-0.2, 0) is 16.4 Å². The highest BCUT2D eigenvalue weighted by Crippen LogP contribution is 2.03. The Labute approximate surface area is 91.2 Å². The van der Waals surface area contributed by atoms with Crippen LogP contribution in [0.1, 0.15) is 24.7 Å². The molecule has 1 heterocycles. The van der Waals surface area contributed by atoms with E-state index >= 15 is 0 Å². The first-order valence-electron chi connectivity index (χ1n) is 5.16. The highest BCUT2D eigenvalue weighted by Gasteiger charge is 2.07. The summed E-state index contributed by atoms with van der Waals surface area (Å²) < 4.78 is 24.4. The number of hydrogen-bond acceptors (Lipinski definition) is 3. The summed E-state index contributed by atoms with van der Waals surface area (Å²) in [6.45, 7) is 6.28. The Kier molecular flexibility index (Phi) is 3.90. The SMILES string of the molecule is CCS(=O)(=O)CCCn1nc(C)cc1C. The van der Waals surface area contributed by atoms with Crippen LogP contribution in [0.2, 0.25) is 0 Å². The molecule has 5 heteroatoms. The Morgan fingerprint density at radius 2 is 2.07 bits per heavy atom. The van der Waals surface area contributed by atoms with Crippen molar-refractivity contribution in [1.82, 2.24) is 9.78 Å². The summed E-state index contributed by atoms with van der Waals surface area (Å²) in [4.78, 5) is 0. The minimum atomic E-state index is -2.84. The van der Waals surface area contributed by atoms with Crippen LogP contribution < -0.4 is 0 Å². The molecule has 0 fully saturated rings. The van der Waals surface area contributed by atoms with Gasteiger partial charge in [0.15, 0.2) is 0 Å². The molecule has 1 aromatic heterocycles. The van der Waals surface area contributed by atoms with E-state index in [1.54, 1.807) is 6.92 Å². The third-order valence-electron chi connectivity index (χ3n) is 2.37. The quantitative estimate of drug-likeness (QED) is 0.766. The summed E-state index contributed by atoms with van der Waals surface area (Å²) >= 11 is 0. The molecule has 86 valence electrons. The van der Waals surface area contributed by atoms with Crippen LogP contribution in [-0.4, -0.2) is 29.7 Å². The maximum absolute atomic E-state index is 11.2. The molecular weight excluding hydrogens is 212 g/mol. The van der Waals surface area contributed by atoms with E-state index in [1.165, 1.54) is 0 Å². The Morgan fingerprint density at radius 3 is 2.53 bits per heavy atom. The second kappa shape index (κ2) is 4.79. The van der Waals surface area contributed by atoms with E-state index in [0.29, 0.717) is 13.0 Å². The van der Waals surface area contributed by atoms with Gasteiger partial charge in [-0.15, -0.1) is 0 Å². The zero-order valence-corrected chi connectivity index (χ0v) is 10.3. The first kappa shape index (κ1) is 12.2. The molecule has 0 aromatic carbocycles. The summed E-state index contributed by atoms with van der Waals surface area (Å²) in [5.74, 6) is 0.478.